The normalized spacial score (nSPS) is 11.5. The van der Waals surface area contributed by atoms with Gasteiger partial charge in [-0.15, -0.1) is 0 Å². The summed E-state index contributed by atoms with van der Waals surface area (Å²) in [5, 5.41) is 9.10. The summed E-state index contributed by atoms with van der Waals surface area (Å²) in [5.74, 6) is 0.606. The van der Waals surface area contributed by atoms with Crippen LogP contribution in [0.3, 0.4) is 0 Å². The van der Waals surface area contributed by atoms with Crippen LogP contribution >= 0.6 is 12.2 Å². The van der Waals surface area contributed by atoms with E-state index in [2.05, 4.69) is 38.3 Å². The van der Waals surface area contributed by atoms with Crippen LogP contribution in [0.4, 0.5) is 0 Å². The molecule has 0 saturated carbocycles. The molecular formula is C21H23N7OS. The fourth-order valence-corrected chi connectivity index (χ4v) is 3.58. The van der Waals surface area contributed by atoms with Gasteiger partial charge in [0.25, 0.3) is 5.56 Å². The van der Waals surface area contributed by atoms with Crippen LogP contribution in [0.25, 0.3) is 16.6 Å². The van der Waals surface area contributed by atoms with E-state index in [1.54, 1.807) is 15.4 Å². The van der Waals surface area contributed by atoms with Gasteiger partial charge in [-0.1, -0.05) is 31.2 Å². The van der Waals surface area contributed by atoms with Crippen LogP contribution in [0, 0.1) is 18.6 Å². The summed E-state index contributed by atoms with van der Waals surface area (Å²) in [6.07, 6.45) is 0. The Bertz CT molecular complexity index is 1320. The van der Waals surface area contributed by atoms with Gasteiger partial charge in [-0.2, -0.15) is 4.68 Å². The van der Waals surface area contributed by atoms with Crippen molar-refractivity contribution in [1.29, 1.82) is 0 Å². The highest BCUT2D eigenvalue weighted by molar-refractivity contribution is 7.71. The first-order chi connectivity index (χ1) is 14.5. The molecule has 30 heavy (non-hydrogen) atoms. The SMILES string of the molecule is CCN(Cc1nc2ccccc2c(=O)[nH]1)Cn1nnn(-c2cccc(C)c2C)c1=S. The Hall–Kier alpha value is -3.17. The lowest BCUT2D eigenvalue weighted by Gasteiger charge is -2.19. The maximum Gasteiger partial charge on any atom is 0.258 e. The number of para-hydroxylation sites is 1. The lowest BCUT2D eigenvalue weighted by atomic mass is 10.1. The number of rotatable bonds is 6. The minimum atomic E-state index is -0.135. The lowest BCUT2D eigenvalue weighted by molar-refractivity contribution is 0.201. The van der Waals surface area contributed by atoms with E-state index in [1.807, 2.05) is 44.2 Å². The summed E-state index contributed by atoms with van der Waals surface area (Å²) < 4.78 is 3.88. The topological polar surface area (TPSA) is 84.6 Å². The number of aromatic amines is 1. The van der Waals surface area contributed by atoms with E-state index >= 15 is 0 Å². The molecule has 154 valence electrons. The standard InChI is InChI=1S/C21H23N7OS/c1-4-26(12-19-22-17-10-6-5-9-16(17)20(29)23-19)13-27-21(30)28(25-24-27)18-11-7-8-14(2)15(18)3/h5-11H,4,12-13H2,1-3H3,(H,22,23,29). The van der Waals surface area contributed by atoms with Gasteiger partial charge >= 0.3 is 0 Å². The molecule has 0 spiro atoms. The number of benzene rings is 2. The summed E-state index contributed by atoms with van der Waals surface area (Å²) in [7, 11) is 0. The van der Waals surface area contributed by atoms with Crippen molar-refractivity contribution in [3.63, 3.8) is 0 Å². The molecule has 0 unspecified atom stereocenters. The highest BCUT2D eigenvalue weighted by atomic mass is 32.1. The molecule has 0 saturated heterocycles. The number of tetrazole rings is 1. The van der Waals surface area contributed by atoms with Gasteiger partial charge in [0, 0.05) is 0 Å². The van der Waals surface area contributed by atoms with Gasteiger partial charge in [0.2, 0.25) is 4.77 Å². The zero-order chi connectivity index (χ0) is 21.3. The fourth-order valence-electron chi connectivity index (χ4n) is 3.35. The Morgan fingerprint density at radius 3 is 2.70 bits per heavy atom. The van der Waals surface area contributed by atoms with Gasteiger partial charge in [-0.25, -0.2) is 9.67 Å². The molecule has 0 radical (unpaired) electrons. The molecule has 1 N–H and O–H groups in total. The Labute approximate surface area is 178 Å². The van der Waals surface area contributed by atoms with Crippen molar-refractivity contribution in [2.24, 2.45) is 0 Å². The van der Waals surface area contributed by atoms with E-state index in [1.165, 1.54) is 5.56 Å². The molecule has 0 aliphatic rings. The van der Waals surface area contributed by atoms with Crippen LogP contribution in [-0.4, -0.2) is 41.2 Å². The summed E-state index contributed by atoms with van der Waals surface area (Å²) >= 11 is 5.63. The van der Waals surface area contributed by atoms with Crippen LogP contribution in [0.1, 0.15) is 23.9 Å². The zero-order valence-electron chi connectivity index (χ0n) is 17.2. The lowest BCUT2D eigenvalue weighted by Crippen LogP contribution is -2.28. The second-order valence-corrected chi connectivity index (χ2v) is 7.57. The Balaban J connectivity index is 1.59. The number of nitrogens with zero attached hydrogens (tertiary/aromatic N) is 6. The predicted octanol–water partition coefficient (Wildman–Crippen LogP) is 3.13. The first-order valence-corrected chi connectivity index (χ1v) is 10.2. The maximum atomic E-state index is 12.3. The second kappa shape index (κ2) is 8.29. The van der Waals surface area contributed by atoms with Gasteiger partial charge in [0.15, 0.2) is 0 Å². The molecule has 0 aliphatic heterocycles. The Morgan fingerprint density at radius 2 is 1.90 bits per heavy atom. The molecule has 4 aromatic rings. The Kier molecular flexibility index (Phi) is 5.56. The van der Waals surface area contributed by atoms with Gasteiger partial charge in [-0.05, 0) is 72.4 Å². The van der Waals surface area contributed by atoms with Crippen LogP contribution in [-0.2, 0) is 13.2 Å². The second-order valence-electron chi connectivity index (χ2n) is 7.21. The molecule has 0 atom stereocenters. The Morgan fingerprint density at radius 1 is 1.10 bits per heavy atom. The van der Waals surface area contributed by atoms with Crippen LogP contribution < -0.4 is 5.56 Å². The summed E-state index contributed by atoms with van der Waals surface area (Å²) in [4.78, 5) is 21.9. The zero-order valence-corrected chi connectivity index (χ0v) is 18.0. The van der Waals surface area contributed by atoms with Gasteiger partial charge < -0.3 is 4.98 Å². The third kappa shape index (κ3) is 3.81. The van der Waals surface area contributed by atoms with Crippen LogP contribution in [0.2, 0.25) is 0 Å². The number of aromatic nitrogens is 6. The average Bonchev–Trinajstić information content (AvgIpc) is 3.09. The van der Waals surface area contributed by atoms with E-state index in [0.717, 1.165) is 17.8 Å². The minimum absolute atomic E-state index is 0.135. The summed E-state index contributed by atoms with van der Waals surface area (Å²) in [6, 6.07) is 13.4. The van der Waals surface area contributed by atoms with Crippen molar-refractivity contribution in [3.8, 4) is 5.69 Å². The van der Waals surface area contributed by atoms with Gasteiger partial charge in [0.1, 0.15) is 5.82 Å². The first-order valence-electron chi connectivity index (χ1n) is 9.77. The first kappa shape index (κ1) is 20.1. The van der Waals surface area contributed by atoms with E-state index in [4.69, 9.17) is 12.2 Å². The van der Waals surface area contributed by atoms with Crippen molar-refractivity contribution in [2.45, 2.75) is 34.0 Å². The molecule has 0 amide bonds. The molecular weight excluding hydrogens is 398 g/mol. The molecule has 0 fully saturated rings. The van der Waals surface area contributed by atoms with E-state index in [9.17, 15) is 4.79 Å². The third-order valence-electron chi connectivity index (χ3n) is 5.26. The summed E-state index contributed by atoms with van der Waals surface area (Å²) in [6.45, 7) is 7.78. The molecule has 9 heteroatoms. The monoisotopic (exact) mass is 421 g/mol. The van der Waals surface area contributed by atoms with Crippen molar-refractivity contribution in [2.75, 3.05) is 6.54 Å². The largest absolute Gasteiger partial charge is 0.309 e. The predicted molar refractivity (Wildman–Crippen MR) is 118 cm³/mol. The number of H-pyrrole nitrogens is 1. The quantitative estimate of drug-likeness (QED) is 0.482. The van der Waals surface area contributed by atoms with E-state index in [-0.39, 0.29) is 5.56 Å². The van der Waals surface area contributed by atoms with Gasteiger partial charge in [-0.3, -0.25) is 9.69 Å². The molecule has 2 aromatic carbocycles. The molecule has 8 nitrogen and oxygen atoms in total. The van der Waals surface area contributed by atoms with Crippen molar-refractivity contribution in [1.82, 2.24) is 34.7 Å². The maximum absolute atomic E-state index is 12.3. The molecule has 2 heterocycles. The highest BCUT2D eigenvalue weighted by Crippen LogP contribution is 2.17. The molecule has 0 bridgehead atoms. The molecule has 0 aliphatic carbocycles. The van der Waals surface area contributed by atoms with Crippen molar-refractivity contribution < 1.29 is 0 Å². The van der Waals surface area contributed by atoms with Crippen LogP contribution in [0.5, 0.6) is 0 Å². The fraction of sp³-hybridized carbons (Fsp3) is 0.286. The van der Waals surface area contributed by atoms with Gasteiger partial charge in [0.05, 0.1) is 29.8 Å². The molecule has 4 rings (SSSR count). The third-order valence-corrected chi connectivity index (χ3v) is 5.64. The number of aryl methyl sites for hydroxylation is 1. The molecule has 2 aromatic heterocycles. The minimum Gasteiger partial charge on any atom is -0.309 e. The van der Waals surface area contributed by atoms with E-state index in [0.29, 0.717) is 34.7 Å². The number of hydrogen-bond donors (Lipinski definition) is 1. The van der Waals surface area contributed by atoms with Crippen molar-refractivity contribution >= 4 is 23.1 Å². The number of nitrogens with one attached hydrogen (secondary N) is 1. The smallest absolute Gasteiger partial charge is 0.258 e. The number of fused-ring (bicyclic) bond motifs is 1. The summed E-state index contributed by atoms with van der Waals surface area (Å²) in [5.41, 5.74) is 3.76. The number of hydrogen-bond acceptors (Lipinski definition) is 6. The van der Waals surface area contributed by atoms with Crippen molar-refractivity contribution in [3.05, 3.63) is 74.5 Å². The van der Waals surface area contributed by atoms with E-state index < -0.39 is 0 Å². The average molecular weight is 422 g/mol. The van der Waals surface area contributed by atoms with Crippen LogP contribution in [0.15, 0.2) is 47.3 Å². The highest BCUT2D eigenvalue weighted by Gasteiger charge is 2.13.